The van der Waals surface area contributed by atoms with Gasteiger partial charge in [-0.2, -0.15) is 0 Å². The normalized spacial score (nSPS) is 17.6. The lowest BCUT2D eigenvalue weighted by molar-refractivity contribution is -0.137. The average molecular weight is 458 g/mol. The van der Waals surface area contributed by atoms with Crippen molar-refractivity contribution in [2.75, 3.05) is 52.5 Å². The van der Waals surface area contributed by atoms with Crippen molar-refractivity contribution in [3.8, 4) is 5.75 Å². The van der Waals surface area contributed by atoms with Gasteiger partial charge in [-0.25, -0.2) is 0 Å². The molecule has 3 rings (SSSR count). The van der Waals surface area contributed by atoms with E-state index in [2.05, 4.69) is 30.6 Å². The summed E-state index contributed by atoms with van der Waals surface area (Å²) in [5.41, 5.74) is 1.78. The smallest absolute Gasteiger partial charge is 0.277 e. The number of ether oxygens (including phenoxy) is 1. The van der Waals surface area contributed by atoms with Gasteiger partial charge in [-0.3, -0.25) is 19.4 Å². The van der Waals surface area contributed by atoms with Crippen molar-refractivity contribution in [2.24, 2.45) is 5.92 Å². The Morgan fingerprint density at radius 3 is 2.24 bits per heavy atom. The summed E-state index contributed by atoms with van der Waals surface area (Å²) in [5.74, 6) is 0.821. The van der Waals surface area contributed by atoms with Gasteiger partial charge in [-0.05, 0) is 30.0 Å². The summed E-state index contributed by atoms with van der Waals surface area (Å²) in [6, 6.07) is 7.53. The number of aliphatic hydroxyl groups excluding tert-OH is 1. The van der Waals surface area contributed by atoms with E-state index < -0.39 is 0 Å². The molecule has 0 unspecified atom stereocenters. The minimum absolute atomic E-state index is 0.127. The van der Waals surface area contributed by atoms with E-state index >= 15 is 0 Å². The maximum absolute atomic E-state index is 13.4. The number of rotatable bonds is 12. The molecule has 182 valence electrons. The largest absolute Gasteiger partial charge is 0.493 e. The molecule has 2 heterocycles. The first-order valence-electron chi connectivity index (χ1n) is 12.4. The van der Waals surface area contributed by atoms with Gasteiger partial charge in [0.25, 0.3) is 11.8 Å². The number of nitrogens with zero attached hydrogens (tertiary/aromatic N) is 3. The fraction of sp³-hybridized carbons (Fsp3) is 0.615. The number of carbonyl (C=O) groups is 2. The summed E-state index contributed by atoms with van der Waals surface area (Å²) in [7, 11) is 0. The standard InChI is InChI=1S/C26H39N3O4/c1-4-5-6-7-12-29-25(31)23(21-8-10-22(11-9-21)33-19-20(2)3)24(26(29)32)28-15-13-27(14-16-28)17-18-30/h8-11,20,30H,4-7,12-19H2,1-3H3. The van der Waals surface area contributed by atoms with Gasteiger partial charge in [0.05, 0.1) is 18.8 Å². The molecule has 1 aromatic rings. The summed E-state index contributed by atoms with van der Waals surface area (Å²) in [5, 5.41) is 9.23. The highest BCUT2D eigenvalue weighted by Gasteiger charge is 2.41. The van der Waals surface area contributed by atoms with Crippen LogP contribution in [0.25, 0.3) is 5.57 Å². The van der Waals surface area contributed by atoms with Crippen LogP contribution < -0.4 is 4.74 Å². The van der Waals surface area contributed by atoms with Crippen molar-refractivity contribution >= 4 is 17.4 Å². The number of aliphatic hydroxyl groups is 1. The zero-order valence-electron chi connectivity index (χ0n) is 20.4. The van der Waals surface area contributed by atoms with Gasteiger partial charge in [0.15, 0.2) is 0 Å². The summed E-state index contributed by atoms with van der Waals surface area (Å²) in [6.45, 7) is 11.1. The molecule has 0 aliphatic carbocycles. The van der Waals surface area contributed by atoms with E-state index in [4.69, 9.17) is 4.74 Å². The molecule has 0 atom stereocenters. The molecule has 7 nitrogen and oxygen atoms in total. The van der Waals surface area contributed by atoms with Crippen molar-refractivity contribution < 1.29 is 19.4 Å². The minimum atomic E-state index is -0.194. The molecule has 2 aliphatic rings. The Morgan fingerprint density at radius 1 is 0.939 bits per heavy atom. The Morgan fingerprint density at radius 2 is 1.64 bits per heavy atom. The maximum Gasteiger partial charge on any atom is 0.277 e. The molecule has 2 aliphatic heterocycles. The van der Waals surface area contributed by atoms with Gasteiger partial charge in [0.2, 0.25) is 0 Å². The van der Waals surface area contributed by atoms with Gasteiger partial charge >= 0.3 is 0 Å². The Labute approximate surface area is 198 Å². The minimum Gasteiger partial charge on any atom is -0.493 e. The maximum atomic E-state index is 13.4. The third kappa shape index (κ3) is 6.36. The predicted molar refractivity (Wildman–Crippen MR) is 130 cm³/mol. The van der Waals surface area contributed by atoms with Crippen LogP contribution in [0.15, 0.2) is 30.0 Å². The Bertz CT molecular complexity index is 826. The molecule has 0 saturated carbocycles. The summed E-state index contributed by atoms with van der Waals surface area (Å²) in [6.07, 6.45) is 4.06. The highest BCUT2D eigenvalue weighted by atomic mass is 16.5. The zero-order chi connectivity index (χ0) is 23.8. The summed E-state index contributed by atoms with van der Waals surface area (Å²) >= 11 is 0. The van der Waals surface area contributed by atoms with Gasteiger partial charge in [0.1, 0.15) is 11.4 Å². The van der Waals surface area contributed by atoms with Gasteiger partial charge < -0.3 is 14.7 Å². The molecule has 2 amide bonds. The molecular formula is C26H39N3O4. The first-order chi connectivity index (χ1) is 16.0. The number of unbranched alkanes of at least 4 members (excludes halogenated alkanes) is 3. The number of hydrogen-bond donors (Lipinski definition) is 1. The first-order valence-corrected chi connectivity index (χ1v) is 12.4. The molecule has 1 saturated heterocycles. The lowest BCUT2D eigenvalue weighted by Gasteiger charge is -2.36. The lowest BCUT2D eigenvalue weighted by Crippen LogP contribution is -2.48. The monoisotopic (exact) mass is 457 g/mol. The van der Waals surface area contributed by atoms with E-state index in [0.717, 1.165) is 50.1 Å². The SMILES string of the molecule is CCCCCCN1C(=O)C(c2ccc(OCC(C)C)cc2)=C(N2CCN(CCO)CC2)C1=O. The van der Waals surface area contributed by atoms with E-state index in [1.54, 1.807) is 0 Å². The number of β-amino-alcohol motifs (C(OH)–C–C–N with tert-alkyl or cyclic N) is 1. The number of benzene rings is 1. The number of hydrogen-bond acceptors (Lipinski definition) is 6. The van der Waals surface area contributed by atoms with Crippen molar-refractivity contribution in [3.05, 3.63) is 35.5 Å². The van der Waals surface area contributed by atoms with Crippen LogP contribution in [0.1, 0.15) is 52.0 Å². The quantitative estimate of drug-likeness (QED) is 0.384. The highest BCUT2D eigenvalue weighted by Crippen LogP contribution is 2.33. The van der Waals surface area contributed by atoms with Crippen molar-refractivity contribution in [1.82, 2.24) is 14.7 Å². The molecule has 0 radical (unpaired) electrons. The second kappa shape index (κ2) is 12.2. The zero-order valence-corrected chi connectivity index (χ0v) is 20.4. The topological polar surface area (TPSA) is 73.3 Å². The van der Waals surface area contributed by atoms with Crippen LogP contribution in [0, 0.1) is 5.92 Å². The van der Waals surface area contributed by atoms with E-state index in [9.17, 15) is 14.7 Å². The van der Waals surface area contributed by atoms with Gasteiger partial charge in [0, 0.05) is 39.3 Å². The second-order valence-corrected chi connectivity index (χ2v) is 9.33. The van der Waals surface area contributed by atoms with Crippen molar-refractivity contribution in [3.63, 3.8) is 0 Å². The van der Waals surface area contributed by atoms with Crippen LogP contribution >= 0.6 is 0 Å². The molecule has 1 aromatic carbocycles. The molecule has 7 heteroatoms. The van der Waals surface area contributed by atoms with Crippen LogP contribution in [-0.4, -0.2) is 84.1 Å². The van der Waals surface area contributed by atoms with E-state index in [-0.39, 0.29) is 18.4 Å². The third-order valence-electron chi connectivity index (χ3n) is 6.21. The molecule has 0 bridgehead atoms. The second-order valence-electron chi connectivity index (χ2n) is 9.33. The number of piperazine rings is 1. The first kappa shape index (κ1) is 25.2. The van der Waals surface area contributed by atoms with E-state index in [1.807, 2.05) is 24.3 Å². The van der Waals surface area contributed by atoms with Gasteiger partial charge in [-0.15, -0.1) is 0 Å². The number of imide groups is 1. The lowest BCUT2D eigenvalue weighted by atomic mass is 10.0. The predicted octanol–water partition coefficient (Wildman–Crippen LogP) is 2.99. The van der Waals surface area contributed by atoms with Crippen LogP contribution in [0.3, 0.4) is 0 Å². The summed E-state index contributed by atoms with van der Waals surface area (Å²) < 4.78 is 5.79. The van der Waals surface area contributed by atoms with Crippen LogP contribution in [0.5, 0.6) is 5.75 Å². The average Bonchev–Trinajstić information content (AvgIpc) is 3.06. The Balaban J connectivity index is 1.84. The van der Waals surface area contributed by atoms with E-state index in [1.165, 1.54) is 4.90 Å². The molecule has 1 fully saturated rings. The Kier molecular flexibility index (Phi) is 9.32. The number of amides is 2. The number of carbonyl (C=O) groups excluding carboxylic acids is 2. The van der Waals surface area contributed by atoms with Crippen molar-refractivity contribution in [1.29, 1.82) is 0 Å². The van der Waals surface area contributed by atoms with Crippen LogP contribution in [0.4, 0.5) is 0 Å². The molecule has 33 heavy (non-hydrogen) atoms. The third-order valence-corrected chi connectivity index (χ3v) is 6.21. The fourth-order valence-corrected chi connectivity index (χ4v) is 4.33. The van der Waals surface area contributed by atoms with Crippen LogP contribution in [0.2, 0.25) is 0 Å². The molecule has 0 aromatic heterocycles. The molecule has 0 spiro atoms. The fourth-order valence-electron chi connectivity index (χ4n) is 4.33. The molecule has 1 N–H and O–H groups in total. The Hall–Kier alpha value is -2.38. The van der Waals surface area contributed by atoms with Crippen molar-refractivity contribution in [2.45, 2.75) is 46.5 Å². The van der Waals surface area contributed by atoms with E-state index in [0.29, 0.717) is 50.0 Å². The van der Waals surface area contributed by atoms with Crippen LogP contribution in [-0.2, 0) is 9.59 Å². The summed E-state index contributed by atoms with van der Waals surface area (Å²) in [4.78, 5) is 32.6. The van der Waals surface area contributed by atoms with Gasteiger partial charge in [-0.1, -0.05) is 52.2 Å². The highest BCUT2D eigenvalue weighted by molar-refractivity contribution is 6.35. The molecular weight excluding hydrogens is 418 g/mol.